The van der Waals surface area contributed by atoms with Gasteiger partial charge in [0, 0.05) is 12.8 Å². The maximum Gasteiger partial charge on any atom is 0.305 e. The van der Waals surface area contributed by atoms with Crippen LogP contribution in [0.5, 0.6) is 0 Å². The lowest BCUT2D eigenvalue weighted by Crippen LogP contribution is -2.45. The van der Waals surface area contributed by atoms with E-state index in [1.54, 1.807) is 0 Å². The van der Waals surface area contributed by atoms with Gasteiger partial charge in [-0.1, -0.05) is 333 Å². The van der Waals surface area contributed by atoms with Crippen molar-refractivity contribution in [2.24, 2.45) is 0 Å². The number of allylic oxidation sites excluding steroid dienone is 6. The number of rotatable bonds is 67. The van der Waals surface area contributed by atoms with Gasteiger partial charge in [0.25, 0.3) is 0 Å². The van der Waals surface area contributed by atoms with E-state index in [1.807, 2.05) is 0 Å². The van der Waals surface area contributed by atoms with Crippen LogP contribution < -0.4 is 5.32 Å². The fourth-order valence-corrected chi connectivity index (χ4v) is 11.2. The minimum atomic E-state index is -0.666. The molecule has 0 rings (SSSR count). The Labute approximate surface area is 494 Å². The predicted octanol–water partition coefficient (Wildman–Crippen LogP) is 23.1. The van der Waals surface area contributed by atoms with Crippen LogP contribution >= 0.6 is 0 Å². The van der Waals surface area contributed by atoms with E-state index in [2.05, 4.69) is 55.6 Å². The van der Waals surface area contributed by atoms with Gasteiger partial charge in [0.2, 0.25) is 5.91 Å². The number of aliphatic hydroxyl groups is 2. The van der Waals surface area contributed by atoms with Crippen molar-refractivity contribution in [3.63, 3.8) is 0 Å². The summed E-state index contributed by atoms with van der Waals surface area (Å²) < 4.78 is 5.50. The minimum Gasteiger partial charge on any atom is -0.466 e. The molecule has 466 valence electrons. The third kappa shape index (κ3) is 65.1. The average molecular weight is 1110 g/mol. The molecule has 0 saturated heterocycles. The van der Waals surface area contributed by atoms with Gasteiger partial charge in [0.05, 0.1) is 25.4 Å². The van der Waals surface area contributed by atoms with Gasteiger partial charge in [-0.3, -0.25) is 9.59 Å². The van der Waals surface area contributed by atoms with Crippen LogP contribution in [0.25, 0.3) is 0 Å². The van der Waals surface area contributed by atoms with Crippen LogP contribution in [-0.4, -0.2) is 47.4 Å². The Morgan fingerprint density at radius 2 is 0.633 bits per heavy atom. The zero-order valence-electron chi connectivity index (χ0n) is 53.4. The van der Waals surface area contributed by atoms with Crippen molar-refractivity contribution in [2.45, 2.75) is 405 Å². The van der Waals surface area contributed by atoms with Crippen molar-refractivity contribution < 1.29 is 24.5 Å². The second kappa shape index (κ2) is 68.6. The lowest BCUT2D eigenvalue weighted by Gasteiger charge is -2.22. The highest BCUT2D eigenvalue weighted by Crippen LogP contribution is 2.19. The summed E-state index contributed by atoms with van der Waals surface area (Å²) in [5, 5.41) is 23.4. The van der Waals surface area contributed by atoms with Crippen LogP contribution in [0.3, 0.4) is 0 Å². The van der Waals surface area contributed by atoms with Crippen molar-refractivity contribution >= 4 is 11.9 Å². The first kappa shape index (κ1) is 77.1. The van der Waals surface area contributed by atoms with Crippen LogP contribution in [0.2, 0.25) is 0 Å². The van der Waals surface area contributed by atoms with Gasteiger partial charge in [-0.15, -0.1) is 0 Å². The maximum absolute atomic E-state index is 12.5. The van der Waals surface area contributed by atoms with E-state index in [9.17, 15) is 19.8 Å². The topological polar surface area (TPSA) is 95.9 Å². The summed E-state index contributed by atoms with van der Waals surface area (Å²) in [7, 11) is 0. The van der Waals surface area contributed by atoms with E-state index in [4.69, 9.17) is 4.74 Å². The molecule has 0 radical (unpaired) electrons. The number of ether oxygens (including phenoxy) is 1. The van der Waals surface area contributed by atoms with E-state index in [-0.39, 0.29) is 18.5 Å². The number of hydrogen-bond donors (Lipinski definition) is 3. The molecule has 6 nitrogen and oxygen atoms in total. The number of amides is 1. The molecule has 2 unspecified atom stereocenters. The summed E-state index contributed by atoms with van der Waals surface area (Å²) in [6.07, 6.45) is 87.6. The van der Waals surface area contributed by atoms with Crippen LogP contribution in [0.4, 0.5) is 0 Å². The summed E-state index contributed by atoms with van der Waals surface area (Å²) >= 11 is 0. The van der Waals surface area contributed by atoms with Crippen LogP contribution in [-0.2, 0) is 14.3 Å². The highest BCUT2D eigenvalue weighted by atomic mass is 16.5. The second-order valence-electron chi connectivity index (χ2n) is 24.6. The quantitative estimate of drug-likeness (QED) is 0.0320. The first-order valence-electron chi connectivity index (χ1n) is 35.7. The number of unbranched alkanes of at least 4 members (excludes halogenated alkanes) is 50. The van der Waals surface area contributed by atoms with Crippen molar-refractivity contribution in [1.82, 2.24) is 5.32 Å². The van der Waals surface area contributed by atoms with Gasteiger partial charge < -0.3 is 20.3 Å². The zero-order chi connectivity index (χ0) is 57.1. The highest BCUT2D eigenvalue weighted by Gasteiger charge is 2.20. The normalized spacial score (nSPS) is 12.7. The first-order valence-corrected chi connectivity index (χ1v) is 35.7. The highest BCUT2D eigenvalue weighted by molar-refractivity contribution is 5.76. The molecule has 79 heavy (non-hydrogen) atoms. The summed E-state index contributed by atoms with van der Waals surface area (Å²) in [6, 6.07) is -0.543. The smallest absolute Gasteiger partial charge is 0.305 e. The number of nitrogens with one attached hydrogen (secondary N) is 1. The monoisotopic (exact) mass is 1110 g/mol. The molecule has 0 spiro atoms. The van der Waals surface area contributed by atoms with Crippen LogP contribution in [0, 0.1) is 0 Å². The summed E-state index contributed by atoms with van der Waals surface area (Å²) in [5.74, 6) is -0.0246. The molecule has 1 amide bonds. The van der Waals surface area contributed by atoms with Gasteiger partial charge in [-0.2, -0.15) is 0 Å². The summed E-state index contributed by atoms with van der Waals surface area (Å²) in [5.41, 5.74) is 0. The molecular weight excluding hydrogens is 971 g/mol. The number of esters is 1. The molecule has 0 saturated carbocycles. The molecule has 2 atom stereocenters. The molecule has 3 N–H and O–H groups in total. The molecule has 0 aliphatic carbocycles. The molecule has 0 aliphatic rings. The minimum absolute atomic E-state index is 0.00786. The van der Waals surface area contributed by atoms with Crippen LogP contribution in [0.15, 0.2) is 36.5 Å². The Balaban J connectivity index is 3.38. The van der Waals surface area contributed by atoms with Crippen molar-refractivity contribution in [3.05, 3.63) is 36.5 Å². The summed E-state index contributed by atoms with van der Waals surface area (Å²) in [6.45, 7) is 4.96. The molecule has 0 aromatic carbocycles. The molecular formula is C73H139NO5. The molecule has 0 aliphatic heterocycles. The van der Waals surface area contributed by atoms with Crippen molar-refractivity contribution in [2.75, 3.05) is 13.2 Å². The Morgan fingerprint density at radius 3 is 1.00 bits per heavy atom. The lowest BCUT2D eigenvalue weighted by molar-refractivity contribution is -0.143. The SMILES string of the molecule is CCCCC/C=C\C/C=C\CCCCCCCCCC(=O)OCCCCCCCCCCCCCC/C=C\CCCCCCCCCCCCCC(=O)NC(CO)C(O)CCCCCCCCCCCCCCCCCCCC. The van der Waals surface area contributed by atoms with E-state index in [1.165, 1.54) is 308 Å². The van der Waals surface area contributed by atoms with Gasteiger partial charge in [0.15, 0.2) is 0 Å². The molecule has 0 aromatic heterocycles. The Morgan fingerprint density at radius 1 is 0.354 bits per heavy atom. The zero-order valence-corrected chi connectivity index (χ0v) is 53.4. The van der Waals surface area contributed by atoms with Crippen LogP contribution in [0.1, 0.15) is 393 Å². The van der Waals surface area contributed by atoms with E-state index in [0.717, 1.165) is 51.4 Å². The number of aliphatic hydroxyl groups excluding tert-OH is 2. The summed E-state index contributed by atoms with van der Waals surface area (Å²) in [4.78, 5) is 24.6. The molecule has 0 heterocycles. The molecule has 6 heteroatoms. The standard InChI is InChI=1S/C73H139NO5/c1-3-5-7-9-11-13-15-17-19-21-34-37-41-45-49-53-57-61-65-71(76)70(69-75)74-72(77)66-62-58-54-50-46-42-38-35-31-29-27-25-23-22-24-26-28-30-32-36-40-44-48-52-56-60-64-68-79-73(78)67-63-59-55-51-47-43-39-33-20-18-16-14-12-10-8-6-4-2/h12,14,18,20,22-23,70-71,75-76H,3-11,13,15-17,19,21,24-69H2,1-2H3,(H,74,77)/b14-12-,20-18-,23-22-. The Hall–Kier alpha value is -1.92. The Kier molecular flexibility index (Phi) is 66.9. The average Bonchev–Trinajstić information content (AvgIpc) is 3.45. The number of carbonyl (C=O) groups is 2. The van der Waals surface area contributed by atoms with Gasteiger partial charge in [-0.25, -0.2) is 0 Å². The fraction of sp³-hybridized carbons (Fsp3) is 0.890. The van der Waals surface area contributed by atoms with Gasteiger partial charge in [0.1, 0.15) is 0 Å². The maximum atomic E-state index is 12.5. The first-order chi connectivity index (χ1) is 39.0. The number of carbonyl (C=O) groups excluding carboxylic acids is 2. The predicted molar refractivity (Wildman–Crippen MR) is 347 cm³/mol. The molecule has 0 bridgehead atoms. The molecule has 0 fully saturated rings. The largest absolute Gasteiger partial charge is 0.466 e. The second-order valence-corrected chi connectivity index (χ2v) is 24.6. The number of hydrogen-bond acceptors (Lipinski definition) is 5. The van der Waals surface area contributed by atoms with Gasteiger partial charge in [-0.05, 0) is 83.5 Å². The Bertz CT molecular complexity index is 1280. The van der Waals surface area contributed by atoms with Crippen molar-refractivity contribution in [1.29, 1.82) is 0 Å². The lowest BCUT2D eigenvalue weighted by atomic mass is 10.0. The van der Waals surface area contributed by atoms with E-state index < -0.39 is 12.1 Å². The third-order valence-corrected chi connectivity index (χ3v) is 16.7. The molecule has 0 aromatic rings. The van der Waals surface area contributed by atoms with E-state index >= 15 is 0 Å². The van der Waals surface area contributed by atoms with Gasteiger partial charge >= 0.3 is 5.97 Å². The van der Waals surface area contributed by atoms with E-state index in [0.29, 0.717) is 25.9 Å². The fourth-order valence-electron chi connectivity index (χ4n) is 11.2. The van der Waals surface area contributed by atoms with Crippen molar-refractivity contribution in [3.8, 4) is 0 Å². The third-order valence-electron chi connectivity index (χ3n) is 16.7.